The number of methoxy groups -OCH3 is 1. The Morgan fingerprint density at radius 2 is 1.57 bits per heavy atom. The smallest absolute Gasteiger partial charge is 0.323 e. The fourth-order valence-electron chi connectivity index (χ4n) is 1.95. The number of rotatable bonds is 7. The molecule has 0 amide bonds. The van der Waals surface area contributed by atoms with E-state index in [1.807, 2.05) is 45.0 Å². The molecule has 3 atom stereocenters. The second kappa shape index (κ2) is 7.88. The predicted molar refractivity (Wildman–Crippen MR) is 81.5 cm³/mol. The van der Waals surface area contributed by atoms with Crippen LogP contribution in [0.15, 0.2) is 24.3 Å². The van der Waals surface area contributed by atoms with Gasteiger partial charge in [-0.2, -0.15) is 0 Å². The molecule has 0 aliphatic heterocycles. The van der Waals surface area contributed by atoms with Crippen LogP contribution in [0.2, 0.25) is 0 Å². The van der Waals surface area contributed by atoms with E-state index in [9.17, 15) is 4.79 Å². The topological polar surface area (TPSA) is 70.8 Å². The third-order valence-corrected chi connectivity index (χ3v) is 3.13. The van der Waals surface area contributed by atoms with Crippen molar-refractivity contribution in [2.45, 2.75) is 45.9 Å². The number of hydrogen-bond acceptors (Lipinski definition) is 5. The maximum absolute atomic E-state index is 11.7. The van der Waals surface area contributed by atoms with Crippen molar-refractivity contribution in [1.29, 1.82) is 0 Å². The predicted octanol–water partition coefficient (Wildman–Crippen LogP) is 2.38. The van der Waals surface area contributed by atoms with Crippen LogP contribution in [-0.2, 0) is 9.53 Å². The quantitative estimate of drug-likeness (QED) is 0.782. The normalized spacial score (nSPS) is 15.2. The Bertz CT molecular complexity index is 442. The molecule has 0 heterocycles. The van der Waals surface area contributed by atoms with E-state index in [4.69, 9.17) is 19.9 Å². The average Bonchev–Trinajstić information content (AvgIpc) is 2.44. The molecular weight excluding hydrogens is 270 g/mol. The first kappa shape index (κ1) is 17.3. The van der Waals surface area contributed by atoms with Gasteiger partial charge in [-0.3, -0.25) is 4.79 Å². The SMILES string of the molecule is COc1ccc(O[C@@H](C)C(OC(=O)[C@H](C)N)C(C)C)cc1. The highest BCUT2D eigenvalue weighted by atomic mass is 16.6. The Morgan fingerprint density at radius 3 is 2.00 bits per heavy atom. The van der Waals surface area contributed by atoms with Crippen LogP contribution >= 0.6 is 0 Å². The van der Waals surface area contributed by atoms with Gasteiger partial charge in [0.2, 0.25) is 0 Å². The number of ether oxygens (including phenoxy) is 3. The summed E-state index contributed by atoms with van der Waals surface area (Å²) in [7, 11) is 1.61. The second-order valence-electron chi connectivity index (χ2n) is 5.43. The van der Waals surface area contributed by atoms with Gasteiger partial charge < -0.3 is 19.9 Å². The van der Waals surface area contributed by atoms with Gasteiger partial charge in [-0.25, -0.2) is 0 Å². The molecular formula is C16H25NO4. The van der Waals surface area contributed by atoms with Crippen molar-refractivity contribution >= 4 is 5.97 Å². The zero-order valence-electron chi connectivity index (χ0n) is 13.3. The van der Waals surface area contributed by atoms with Crippen molar-refractivity contribution in [2.24, 2.45) is 11.7 Å². The summed E-state index contributed by atoms with van der Waals surface area (Å²) >= 11 is 0. The van der Waals surface area contributed by atoms with Crippen LogP contribution in [0.25, 0.3) is 0 Å². The summed E-state index contributed by atoms with van der Waals surface area (Å²) in [4.78, 5) is 11.7. The average molecular weight is 295 g/mol. The molecule has 0 bridgehead atoms. The molecule has 0 aliphatic rings. The van der Waals surface area contributed by atoms with E-state index in [2.05, 4.69) is 0 Å². The van der Waals surface area contributed by atoms with Crippen molar-refractivity contribution < 1.29 is 19.0 Å². The van der Waals surface area contributed by atoms with Gasteiger partial charge in [0.25, 0.3) is 0 Å². The van der Waals surface area contributed by atoms with Crippen LogP contribution in [-0.4, -0.2) is 31.3 Å². The Morgan fingerprint density at radius 1 is 1.05 bits per heavy atom. The number of esters is 1. The monoisotopic (exact) mass is 295 g/mol. The maximum Gasteiger partial charge on any atom is 0.323 e. The fraction of sp³-hybridized carbons (Fsp3) is 0.562. The molecule has 0 aromatic heterocycles. The zero-order chi connectivity index (χ0) is 16.0. The van der Waals surface area contributed by atoms with Crippen molar-refractivity contribution in [3.8, 4) is 11.5 Å². The lowest BCUT2D eigenvalue weighted by Crippen LogP contribution is -2.41. The maximum atomic E-state index is 11.7. The van der Waals surface area contributed by atoms with Crippen molar-refractivity contribution in [1.82, 2.24) is 0 Å². The zero-order valence-corrected chi connectivity index (χ0v) is 13.3. The van der Waals surface area contributed by atoms with E-state index >= 15 is 0 Å². The second-order valence-corrected chi connectivity index (χ2v) is 5.43. The third kappa shape index (κ3) is 5.27. The molecule has 118 valence electrons. The van der Waals surface area contributed by atoms with E-state index in [0.29, 0.717) is 5.75 Å². The van der Waals surface area contributed by atoms with E-state index in [-0.39, 0.29) is 18.1 Å². The summed E-state index contributed by atoms with van der Waals surface area (Å²) in [6.45, 7) is 7.44. The van der Waals surface area contributed by atoms with Crippen LogP contribution in [0.3, 0.4) is 0 Å². The Balaban J connectivity index is 2.71. The number of carbonyl (C=O) groups excluding carboxylic acids is 1. The molecule has 21 heavy (non-hydrogen) atoms. The first-order valence-electron chi connectivity index (χ1n) is 7.12. The minimum atomic E-state index is -0.639. The molecule has 0 aliphatic carbocycles. The van der Waals surface area contributed by atoms with Crippen LogP contribution in [0.4, 0.5) is 0 Å². The van der Waals surface area contributed by atoms with Crippen molar-refractivity contribution in [3.05, 3.63) is 24.3 Å². The van der Waals surface area contributed by atoms with Gasteiger partial charge in [-0.15, -0.1) is 0 Å². The van der Waals surface area contributed by atoms with E-state index in [1.54, 1.807) is 14.0 Å². The molecule has 1 unspecified atom stereocenters. The Labute approximate surface area is 126 Å². The first-order chi connectivity index (χ1) is 9.85. The van der Waals surface area contributed by atoms with Gasteiger partial charge in [-0.1, -0.05) is 13.8 Å². The summed E-state index contributed by atoms with van der Waals surface area (Å²) in [5, 5.41) is 0. The molecule has 1 rings (SSSR count). The highest BCUT2D eigenvalue weighted by molar-refractivity contribution is 5.75. The molecule has 0 radical (unpaired) electrons. The minimum absolute atomic E-state index is 0.126. The van der Waals surface area contributed by atoms with Gasteiger partial charge in [0.1, 0.15) is 29.7 Å². The summed E-state index contributed by atoms with van der Waals surface area (Å²) in [6.07, 6.45) is -0.633. The highest BCUT2D eigenvalue weighted by Gasteiger charge is 2.27. The van der Waals surface area contributed by atoms with Crippen molar-refractivity contribution in [2.75, 3.05) is 7.11 Å². The fourth-order valence-corrected chi connectivity index (χ4v) is 1.95. The van der Waals surface area contributed by atoms with Gasteiger partial charge in [0.05, 0.1) is 7.11 Å². The van der Waals surface area contributed by atoms with Crippen LogP contribution in [0.5, 0.6) is 11.5 Å². The lowest BCUT2D eigenvalue weighted by atomic mass is 10.0. The Hall–Kier alpha value is -1.75. The lowest BCUT2D eigenvalue weighted by Gasteiger charge is -2.28. The van der Waals surface area contributed by atoms with Gasteiger partial charge in [-0.05, 0) is 44.0 Å². The highest BCUT2D eigenvalue weighted by Crippen LogP contribution is 2.21. The van der Waals surface area contributed by atoms with E-state index in [1.165, 1.54) is 0 Å². The van der Waals surface area contributed by atoms with Crippen LogP contribution in [0, 0.1) is 5.92 Å². The molecule has 1 aromatic carbocycles. The minimum Gasteiger partial charge on any atom is -0.497 e. The Kier molecular flexibility index (Phi) is 6.49. The molecule has 5 nitrogen and oxygen atoms in total. The molecule has 0 fully saturated rings. The molecule has 0 saturated carbocycles. The molecule has 0 spiro atoms. The molecule has 2 N–H and O–H groups in total. The summed E-state index contributed by atoms with van der Waals surface area (Å²) < 4.78 is 16.4. The van der Waals surface area contributed by atoms with Gasteiger partial charge in [0.15, 0.2) is 0 Å². The number of hydrogen-bond donors (Lipinski definition) is 1. The van der Waals surface area contributed by atoms with E-state index in [0.717, 1.165) is 5.75 Å². The lowest BCUT2D eigenvalue weighted by molar-refractivity contribution is -0.157. The van der Waals surface area contributed by atoms with Crippen molar-refractivity contribution in [3.63, 3.8) is 0 Å². The van der Waals surface area contributed by atoms with Gasteiger partial charge >= 0.3 is 5.97 Å². The molecule has 5 heteroatoms. The van der Waals surface area contributed by atoms with E-state index < -0.39 is 12.0 Å². The summed E-state index contributed by atoms with van der Waals surface area (Å²) in [6, 6.07) is 6.64. The molecule has 0 saturated heterocycles. The summed E-state index contributed by atoms with van der Waals surface area (Å²) in [5.41, 5.74) is 5.54. The number of carbonyl (C=O) groups is 1. The summed E-state index contributed by atoms with van der Waals surface area (Å²) in [5.74, 6) is 1.17. The first-order valence-corrected chi connectivity index (χ1v) is 7.12. The van der Waals surface area contributed by atoms with Crippen LogP contribution in [0.1, 0.15) is 27.7 Å². The number of nitrogens with two attached hydrogens (primary N) is 1. The van der Waals surface area contributed by atoms with Gasteiger partial charge in [0, 0.05) is 0 Å². The number of benzene rings is 1. The van der Waals surface area contributed by atoms with Crippen LogP contribution < -0.4 is 15.2 Å². The third-order valence-electron chi connectivity index (χ3n) is 3.13. The standard InChI is InChI=1S/C16H25NO4/c1-10(2)15(21-16(18)11(3)17)12(4)20-14-8-6-13(19-5)7-9-14/h6-12,15H,17H2,1-5H3/t11-,12-,15?/m0/s1. The largest absolute Gasteiger partial charge is 0.497 e. The molecule has 1 aromatic rings.